The fourth-order valence-corrected chi connectivity index (χ4v) is 8.91. The number of nitrogens with zero attached hydrogens (tertiary/aromatic N) is 4. The van der Waals surface area contributed by atoms with Gasteiger partial charge in [0, 0.05) is 39.0 Å². The van der Waals surface area contributed by atoms with E-state index in [0.717, 1.165) is 11.1 Å². The Morgan fingerprint density at radius 2 is 0.833 bits per heavy atom. The summed E-state index contributed by atoms with van der Waals surface area (Å²) in [6, 6.07) is 13.2. The molecule has 4 rings (SSSR count). The summed E-state index contributed by atoms with van der Waals surface area (Å²) >= 11 is 0. The number of carbonyl (C=O) groups excluding carboxylic acids is 8. The van der Waals surface area contributed by atoms with Crippen LogP contribution in [0.1, 0.15) is 131 Å². The van der Waals surface area contributed by atoms with Crippen molar-refractivity contribution in [2.45, 2.75) is 156 Å². The van der Waals surface area contributed by atoms with Crippen LogP contribution in [0.2, 0.25) is 0 Å². The molecule has 0 spiro atoms. The molecule has 8 amide bonds. The van der Waals surface area contributed by atoms with Crippen LogP contribution >= 0.6 is 0 Å². The number of amides is 8. The van der Waals surface area contributed by atoms with Crippen molar-refractivity contribution < 1.29 is 38.4 Å². The van der Waals surface area contributed by atoms with Crippen LogP contribution in [0, 0.1) is 10.8 Å². The minimum absolute atomic E-state index is 0.00572. The van der Waals surface area contributed by atoms with Crippen molar-refractivity contribution in [3.8, 4) is 0 Å². The highest BCUT2D eigenvalue weighted by Gasteiger charge is 2.45. The highest BCUT2D eigenvalue weighted by Crippen LogP contribution is 2.27. The number of likely N-dealkylation sites (N-methyl/N-ethyl adjacent to an activating group) is 2. The Balaban J connectivity index is 1.38. The molecule has 2 heterocycles. The molecule has 18 nitrogen and oxygen atoms in total. The van der Waals surface area contributed by atoms with Crippen LogP contribution < -0.4 is 31.9 Å². The van der Waals surface area contributed by atoms with Gasteiger partial charge in [-0.1, -0.05) is 115 Å². The predicted octanol–water partition coefficient (Wildman–Crippen LogP) is 3.44. The van der Waals surface area contributed by atoms with Crippen molar-refractivity contribution in [2.24, 2.45) is 10.8 Å². The van der Waals surface area contributed by atoms with Crippen LogP contribution in [0.5, 0.6) is 0 Å². The van der Waals surface area contributed by atoms with Gasteiger partial charge >= 0.3 is 0 Å². The number of benzene rings is 2. The van der Waals surface area contributed by atoms with Gasteiger partial charge in [0.25, 0.3) is 0 Å². The van der Waals surface area contributed by atoms with E-state index in [1.54, 1.807) is 37.7 Å². The molecule has 0 radical (unpaired) electrons. The second kappa shape index (κ2) is 26.7. The standard InChI is InChI=1S/C54H84N10O8/c1-35(39-23-17-15-18-24-39)57-49(69)41-33-61(29-31-63(41)51(71)45(53(5,6)7)59-47(67)37(3)55-11)43(65)27-21-13-14-22-28-44(66)62-30-32-64(52(72)46(54(8,9)10)60-48(68)38(4)56-12)42(34-62)50(70)58-36(2)40-25-19-16-20-26-40/h15-20,23-26,35-38,41-42,45-46,55-56H,13-14,21-22,27-34H2,1-12H3,(H,57,69)(H,58,70)(H,59,67)(H,60,68)/t35-,36-,37+,38+,41+,42+,45-,46-/m1/s1. The van der Waals surface area contributed by atoms with E-state index in [2.05, 4.69) is 31.9 Å². The van der Waals surface area contributed by atoms with E-state index in [1.165, 1.54) is 9.80 Å². The molecule has 6 N–H and O–H groups in total. The SMILES string of the molecule is CN[C@@H](C)C(=O)N[C@H](C(=O)N1CCN(C(=O)CCCCCCC(=O)N2CCN(C(=O)[C@@H](NC(=O)[C@H](C)NC)C(C)(C)C)[C@H](C(=O)N[C@H](C)c3ccccc3)C2)C[C@H]1C(=O)N[C@H](C)c1ccccc1)C(C)(C)C. The van der Waals surface area contributed by atoms with Crippen molar-refractivity contribution in [3.63, 3.8) is 0 Å². The third-order valence-corrected chi connectivity index (χ3v) is 13.9. The molecule has 2 aliphatic heterocycles. The summed E-state index contributed by atoms with van der Waals surface area (Å²) in [5.74, 6) is -2.55. The maximum absolute atomic E-state index is 14.4. The van der Waals surface area contributed by atoms with E-state index in [0.29, 0.717) is 25.7 Å². The maximum atomic E-state index is 14.4. The number of rotatable bonds is 21. The van der Waals surface area contributed by atoms with Gasteiger partial charge in [-0.15, -0.1) is 0 Å². The lowest BCUT2D eigenvalue weighted by Gasteiger charge is -2.44. The second-order valence-electron chi connectivity index (χ2n) is 21.6. The molecule has 2 aliphatic rings. The first-order valence-corrected chi connectivity index (χ1v) is 25.7. The molecule has 0 unspecified atom stereocenters. The summed E-state index contributed by atoms with van der Waals surface area (Å²) in [5.41, 5.74) is 0.402. The largest absolute Gasteiger partial charge is 0.348 e. The first-order chi connectivity index (χ1) is 33.9. The van der Waals surface area contributed by atoms with E-state index >= 15 is 0 Å². The van der Waals surface area contributed by atoms with Crippen molar-refractivity contribution in [1.82, 2.24) is 51.5 Å². The second-order valence-corrected chi connectivity index (χ2v) is 21.6. The number of unbranched alkanes of at least 4 members (excludes halogenated alkanes) is 3. The van der Waals surface area contributed by atoms with Crippen molar-refractivity contribution in [1.29, 1.82) is 0 Å². The quantitative estimate of drug-likeness (QED) is 0.100. The Kier molecular flexibility index (Phi) is 21.8. The lowest BCUT2D eigenvalue weighted by atomic mass is 9.85. The minimum Gasteiger partial charge on any atom is -0.348 e. The third kappa shape index (κ3) is 16.3. The van der Waals surface area contributed by atoms with Gasteiger partial charge < -0.3 is 51.5 Å². The molecule has 0 saturated carbocycles. The van der Waals surface area contributed by atoms with E-state index in [-0.39, 0.29) is 87.8 Å². The van der Waals surface area contributed by atoms with E-state index in [9.17, 15) is 38.4 Å². The summed E-state index contributed by atoms with van der Waals surface area (Å²) in [6.07, 6.45) is 2.89. The van der Waals surface area contributed by atoms with E-state index in [4.69, 9.17) is 0 Å². The van der Waals surface area contributed by atoms with E-state index < -0.39 is 70.7 Å². The molecule has 2 aromatic carbocycles. The summed E-state index contributed by atoms with van der Waals surface area (Å²) in [6.45, 7) is 18.9. The molecule has 0 bridgehead atoms. The molecule has 0 aromatic heterocycles. The Hall–Kier alpha value is -5.88. The summed E-state index contributed by atoms with van der Waals surface area (Å²) in [7, 11) is 3.32. The fourth-order valence-electron chi connectivity index (χ4n) is 8.91. The monoisotopic (exact) mass is 1000 g/mol. The van der Waals surface area contributed by atoms with Crippen molar-refractivity contribution in [3.05, 3.63) is 71.8 Å². The number of hydrogen-bond donors (Lipinski definition) is 6. The fraction of sp³-hybridized carbons (Fsp3) is 0.630. The average molecular weight is 1000 g/mol. The molecule has 398 valence electrons. The molecule has 8 atom stereocenters. The Morgan fingerprint density at radius 1 is 0.500 bits per heavy atom. The van der Waals surface area contributed by atoms with Crippen molar-refractivity contribution >= 4 is 47.3 Å². The molecule has 18 heteroatoms. The summed E-state index contributed by atoms with van der Waals surface area (Å²) in [5, 5.41) is 17.7. The van der Waals surface area contributed by atoms with Gasteiger partial charge in [-0.2, -0.15) is 0 Å². The van der Waals surface area contributed by atoms with Crippen LogP contribution in [0.15, 0.2) is 60.7 Å². The lowest BCUT2D eigenvalue weighted by Crippen LogP contribution is -2.66. The molecule has 2 aromatic rings. The predicted molar refractivity (Wildman–Crippen MR) is 278 cm³/mol. The molecular formula is C54H84N10O8. The number of nitrogens with one attached hydrogen (secondary N) is 6. The van der Waals surface area contributed by atoms with Crippen LogP contribution in [0.4, 0.5) is 0 Å². The Bertz CT molecular complexity index is 2010. The highest BCUT2D eigenvalue weighted by atomic mass is 16.2. The topological polar surface area (TPSA) is 222 Å². The zero-order valence-corrected chi connectivity index (χ0v) is 44.9. The van der Waals surface area contributed by atoms with Gasteiger partial charge in [-0.05, 0) is 76.6 Å². The van der Waals surface area contributed by atoms with Crippen LogP contribution in [0.25, 0.3) is 0 Å². The van der Waals surface area contributed by atoms with Gasteiger partial charge in [0.2, 0.25) is 47.3 Å². The first kappa shape index (κ1) is 58.7. The number of piperazine rings is 2. The van der Waals surface area contributed by atoms with Gasteiger partial charge in [0.05, 0.1) is 37.3 Å². The van der Waals surface area contributed by atoms with Gasteiger partial charge in [0.1, 0.15) is 24.2 Å². The van der Waals surface area contributed by atoms with Crippen LogP contribution in [-0.4, -0.2) is 156 Å². The normalized spacial score (nSPS) is 18.9. The minimum atomic E-state index is -0.998. The van der Waals surface area contributed by atoms with Crippen molar-refractivity contribution in [2.75, 3.05) is 53.4 Å². The van der Waals surface area contributed by atoms with Gasteiger partial charge in [0.15, 0.2) is 0 Å². The third-order valence-electron chi connectivity index (χ3n) is 13.9. The first-order valence-electron chi connectivity index (χ1n) is 25.7. The maximum Gasteiger partial charge on any atom is 0.246 e. The molecule has 2 saturated heterocycles. The Morgan fingerprint density at radius 3 is 1.14 bits per heavy atom. The average Bonchev–Trinajstić information content (AvgIpc) is 3.36. The number of carbonyl (C=O) groups is 8. The van der Waals surface area contributed by atoms with Crippen LogP contribution in [-0.2, 0) is 38.4 Å². The lowest BCUT2D eigenvalue weighted by molar-refractivity contribution is -0.152. The summed E-state index contributed by atoms with van der Waals surface area (Å²) in [4.78, 5) is 117. The smallest absolute Gasteiger partial charge is 0.246 e. The Labute approximate surface area is 427 Å². The summed E-state index contributed by atoms with van der Waals surface area (Å²) < 4.78 is 0. The van der Waals surface area contributed by atoms with Crippen LogP contribution in [0.3, 0.4) is 0 Å². The van der Waals surface area contributed by atoms with Gasteiger partial charge in [-0.3, -0.25) is 38.4 Å². The van der Waals surface area contributed by atoms with Gasteiger partial charge in [-0.25, -0.2) is 0 Å². The molecule has 0 aliphatic carbocycles. The molecule has 72 heavy (non-hydrogen) atoms. The molecule has 2 fully saturated rings. The highest BCUT2D eigenvalue weighted by molar-refractivity contribution is 5.95. The zero-order chi connectivity index (χ0) is 53.5. The zero-order valence-electron chi connectivity index (χ0n) is 44.9. The number of hydrogen-bond acceptors (Lipinski definition) is 10. The molecular weight excluding hydrogens is 917 g/mol. The van der Waals surface area contributed by atoms with E-state index in [1.807, 2.05) is 116 Å².